The minimum Gasteiger partial charge on any atom is -0.309 e. The van der Waals surface area contributed by atoms with Crippen LogP contribution in [0.2, 0.25) is 0 Å². The Labute approximate surface area is 106 Å². The first-order valence-electron chi connectivity index (χ1n) is 6.21. The van der Waals surface area contributed by atoms with Crippen LogP contribution in [-0.2, 0) is 0 Å². The summed E-state index contributed by atoms with van der Waals surface area (Å²) in [6, 6.07) is 7.17. The van der Waals surface area contributed by atoms with E-state index in [0.29, 0.717) is 17.0 Å². The smallest absolute Gasteiger partial charge is 0.261 e. The fraction of sp³-hybridized carbons (Fsp3) is 0.429. The van der Waals surface area contributed by atoms with Crippen LogP contribution in [0.1, 0.15) is 27.1 Å². The van der Waals surface area contributed by atoms with Gasteiger partial charge in [-0.05, 0) is 38.6 Å². The summed E-state index contributed by atoms with van der Waals surface area (Å²) in [4.78, 5) is 28.0. The molecule has 0 N–H and O–H groups in total. The van der Waals surface area contributed by atoms with E-state index in [9.17, 15) is 9.59 Å². The van der Waals surface area contributed by atoms with E-state index in [0.717, 1.165) is 13.0 Å². The Hall–Kier alpha value is -1.68. The number of benzene rings is 1. The van der Waals surface area contributed by atoms with Gasteiger partial charge in [-0.3, -0.25) is 14.5 Å². The Balaban J connectivity index is 1.82. The third-order valence-corrected chi connectivity index (χ3v) is 3.64. The van der Waals surface area contributed by atoms with Gasteiger partial charge in [-0.1, -0.05) is 12.1 Å². The molecule has 1 saturated carbocycles. The van der Waals surface area contributed by atoms with E-state index < -0.39 is 0 Å². The summed E-state index contributed by atoms with van der Waals surface area (Å²) in [5, 5.41) is 0. The van der Waals surface area contributed by atoms with E-state index in [4.69, 9.17) is 0 Å². The van der Waals surface area contributed by atoms with Gasteiger partial charge in [0.2, 0.25) is 0 Å². The highest BCUT2D eigenvalue weighted by atomic mass is 16.2. The van der Waals surface area contributed by atoms with Crippen molar-refractivity contribution in [2.45, 2.75) is 12.5 Å². The average Bonchev–Trinajstić information content (AvgIpc) is 3.01. The van der Waals surface area contributed by atoms with Crippen molar-refractivity contribution >= 4 is 11.8 Å². The van der Waals surface area contributed by atoms with Crippen LogP contribution in [0, 0.1) is 5.92 Å². The summed E-state index contributed by atoms with van der Waals surface area (Å²) >= 11 is 0. The summed E-state index contributed by atoms with van der Waals surface area (Å²) in [5.74, 6) is 0.186. The van der Waals surface area contributed by atoms with E-state index in [1.165, 1.54) is 4.90 Å². The maximum absolute atomic E-state index is 12.2. The molecule has 2 aliphatic rings. The monoisotopic (exact) mass is 244 g/mol. The zero-order valence-electron chi connectivity index (χ0n) is 10.6. The molecule has 2 atom stereocenters. The van der Waals surface area contributed by atoms with Gasteiger partial charge in [0.1, 0.15) is 0 Å². The molecule has 0 saturated heterocycles. The topological polar surface area (TPSA) is 40.6 Å². The van der Waals surface area contributed by atoms with Crippen LogP contribution < -0.4 is 0 Å². The van der Waals surface area contributed by atoms with Crippen LogP contribution in [0.3, 0.4) is 0 Å². The zero-order valence-corrected chi connectivity index (χ0v) is 10.6. The molecule has 1 aromatic rings. The van der Waals surface area contributed by atoms with Gasteiger partial charge in [0.05, 0.1) is 11.1 Å². The predicted octanol–water partition coefficient (Wildman–Crippen LogP) is 1.23. The highest BCUT2D eigenvalue weighted by molar-refractivity contribution is 6.21. The minimum absolute atomic E-state index is 0.0970. The van der Waals surface area contributed by atoms with Crippen molar-refractivity contribution in [2.24, 2.45) is 5.92 Å². The lowest BCUT2D eigenvalue weighted by Gasteiger charge is -2.15. The molecule has 2 amide bonds. The van der Waals surface area contributed by atoms with Crippen LogP contribution in [0.5, 0.6) is 0 Å². The molecule has 0 bridgehead atoms. The Bertz CT molecular complexity index is 489. The minimum atomic E-state index is -0.123. The molecule has 1 aromatic carbocycles. The number of hydrogen-bond donors (Lipinski definition) is 0. The number of carbonyl (C=O) groups excluding carboxylic acids is 2. The molecule has 3 rings (SSSR count). The molecular weight excluding hydrogens is 228 g/mol. The van der Waals surface area contributed by atoms with E-state index in [-0.39, 0.29) is 17.9 Å². The largest absolute Gasteiger partial charge is 0.309 e. The summed E-state index contributed by atoms with van der Waals surface area (Å²) in [6.07, 6.45) is 0.934. The fourth-order valence-corrected chi connectivity index (χ4v) is 2.72. The molecule has 1 heterocycles. The Morgan fingerprint density at radius 2 is 1.72 bits per heavy atom. The van der Waals surface area contributed by atoms with E-state index in [2.05, 4.69) is 4.90 Å². The number of imide groups is 1. The lowest BCUT2D eigenvalue weighted by atomic mass is 10.1. The van der Waals surface area contributed by atoms with E-state index in [1.807, 2.05) is 14.1 Å². The van der Waals surface area contributed by atoms with Gasteiger partial charge in [0.25, 0.3) is 11.8 Å². The van der Waals surface area contributed by atoms with Crippen LogP contribution in [0.4, 0.5) is 0 Å². The Kier molecular flexibility index (Phi) is 2.48. The van der Waals surface area contributed by atoms with Crippen molar-refractivity contribution in [3.05, 3.63) is 35.4 Å². The normalized spacial score (nSPS) is 25.8. The summed E-state index contributed by atoms with van der Waals surface area (Å²) < 4.78 is 0. The van der Waals surface area contributed by atoms with Gasteiger partial charge in [-0.2, -0.15) is 0 Å². The Morgan fingerprint density at radius 1 is 1.17 bits per heavy atom. The van der Waals surface area contributed by atoms with Gasteiger partial charge in [0.15, 0.2) is 0 Å². The molecule has 0 radical (unpaired) electrons. The number of amides is 2. The summed E-state index contributed by atoms with van der Waals surface area (Å²) in [5.41, 5.74) is 1.11. The van der Waals surface area contributed by atoms with Crippen LogP contribution in [0.15, 0.2) is 24.3 Å². The maximum atomic E-state index is 12.2. The first kappa shape index (κ1) is 11.4. The van der Waals surface area contributed by atoms with Crippen molar-refractivity contribution in [3.63, 3.8) is 0 Å². The lowest BCUT2D eigenvalue weighted by molar-refractivity contribution is 0.0632. The number of fused-ring (bicyclic) bond motifs is 1. The van der Waals surface area contributed by atoms with Crippen molar-refractivity contribution < 1.29 is 9.59 Å². The summed E-state index contributed by atoms with van der Waals surface area (Å²) in [6.45, 7) is 0.929. The first-order chi connectivity index (χ1) is 8.59. The van der Waals surface area contributed by atoms with Crippen molar-refractivity contribution in [1.82, 2.24) is 9.80 Å². The van der Waals surface area contributed by atoms with Crippen molar-refractivity contribution in [3.8, 4) is 0 Å². The molecule has 0 aromatic heterocycles. The first-order valence-corrected chi connectivity index (χ1v) is 6.21. The van der Waals surface area contributed by atoms with E-state index >= 15 is 0 Å². The zero-order chi connectivity index (χ0) is 12.9. The predicted molar refractivity (Wildman–Crippen MR) is 67.4 cm³/mol. The standard InChI is InChI=1S/C14H16N2O2/c1-15(2)8-9-7-12(9)16-13(17)10-5-3-4-6-11(10)14(16)18/h3-6,9,12H,7-8H2,1-2H3/t9-,12+/m1/s1. The van der Waals surface area contributed by atoms with Crippen LogP contribution in [0.25, 0.3) is 0 Å². The quantitative estimate of drug-likeness (QED) is 0.751. The highest BCUT2D eigenvalue weighted by Crippen LogP contribution is 2.40. The van der Waals surface area contributed by atoms with Gasteiger partial charge < -0.3 is 4.90 Å². The van der Waals surface area contributed by atoms with Crippen LogP contribution >= 0.6 is 0 Å². The molecule has 18 heavy (non-hydrogen) atoms. The van der Waals surface area contributed by atoms with Crippen LogP contribution in [-0.4, -0.2) is 48.3 Å². The number of carbonyl (C=O) groups is 2. The second kappa shape index (κ2) is 3.92. The fourth-order valence-electron chi connectivity index (χ4n) is 2.72. The molecule has 0 spiro atoms. The molecule has 1 aliphatic carbocycles. The SMILES string of the molecule is CN(C)C[C@H]1C[C@@H]1N1C(=O)c2ccccc2C1=O. The van der Waals surface area contributed by atoms with E-state index in [1.54, 1.807) is 24.3 Å². The number of nitrogens with zero attached hydrogens (tertiary/aromatic N) is 2. The maximum Gasteiger partial charge on any atom is 0.261 e. The molecule has 1 fully saturated rings. The molecule has 94 valence electrons. The van der Waals surface area contributed by atoms with Gasteiger partial charge in [0, 0.05) is 12.6 Å². The summed E-state index contributed by atoms with van der Waals surface area (Å²) in [7, 11) is 4.02. The van der Waals surface area contributed by atoms with Gasteiger partial charge >= 0.3 is 0 Å². The molecule has 0 unspecified atom stereocenters. The lowest BCUT2D eigenvalue weighted by Crippen LogP contribution is -2.34. The number of hydrogen-bond acceptors (Lipinski definition) is 3. The average molecular weight is 244 g/mol. The molecule has 1 aliphatic heterocycles. The second-order valence-electron chi connectivity index (χ2n) is 5.35. The third kappa shape index (κ3) is 1.64. The van der Waals surface area contributed by atoms with Gasteiger partial charge in [-0.25, -0.2) is 0 Å². The highest BCUT2D eigenvalue weighted by Gasteiger charge is 2.50. The van der Waals surface area contributed by atoms with Gasteiger partial charge in [-0.15, -0.1) is 0 Å². The molecular formula is C14H16N2O2. The molecule has 4 heteroatoms. The molecule has 4 nitrogen and oxygen atoms in total. The van der Waals surface area contributed by atoms with Crippen molar-refractivity contribution in [1.29, 1.82) is 0 Å². The number of rotatable bonds is 3. The third-order valence-electron chi connectivity index (χ3n) is 3.64. The Morgan fingerprint density at radius 3 is 2.22 bits per heavy atom. The van der Waals surface area contributed by atoms with Crippen molar-refractivity contribution in [2.75, 3.05) is 20.6 Å². The second-order valence-corrected chi connectivity index (χ2v) is 5.35.